The summed E-state index contributed by atoms with van der Waals surface area (Å²) in [4.78, 5) is 0. The van der Waals surface area contributed by atoms with Gasteiger partial charge in [-0.3, -0.25) is 5.43 Å². The van der Waals surface area contributed by atoms with Gasteiger partial charge in [0.05, 0.1) is 6.21 Å². The molecule has 0 saturated heterocycles. The van der Waals surface area contributed by atoms with Crippen molar-refractivity contribution in [3.63, 3.8) is 0 Å². The van der Waals surface area contributed by atoms with Crippen LogP contribution in [-0.2, 0) is 0 Å². The third kappa shape index (κ3) is 3.43. The van der Waals surface area contributed by atoms with Gasteiger partial charge in [-0.2, -0.15) is 5.10 Å². The quantitative estimate of drug-likeness (QED) is 0.476. The summed E-state index contributed by atoms with van der Waals surface area (Å²) in [7, 11) is 0. The molecule has 1 atom stereocenters. The van der Waals surface area contributed by atoms with Gasteiger partial charge >= 0.3 is 0 Å². The van der Waals surface area contributed by atoms with Gasteiger partial charge in [0.2, 0.25) is 0 Å². The number of hydrogen-bond acceptors (Lipinski definition) is 3. The van der Waals surface area contributed by atoms with E-state index in [2.05, 4.69) is 10.5 Å². The summed E-state index contributed by atoms with van der Waals surface area (Å²) in [6.45, 7) is 0. The van der Waals surface area contributed by atoms with Crippen LogP contribution in [0.2, 0.25) is 0 Å². The van der Waals surface area contributed by atoms with Crippen molar-refractivity contribution in [2.24, 2.45) is 10.8 Å². The maximum absolute atomic E-state index is 5.93. The van der Waals surface area contributed by atoms with Gasteiger partial charge in [-0.05, 0) is 11.1 Å². The molecule has 0 aliphatic rings. The maximum Gasteiger partial charge on any atom is 0.117 e. The summed E-state index contributed by atoms with van der Waals surface area (Å²) in [5, 5.41) is 4.12. The highest BCUT2D eigenvalue weighted by molar-refractivity contribution is 5.79. The highest BCUT2D eigenvalue weighted by atomic mass is 15.3. The van der Waals surface area contributed by atoms with E-state index in [0.717, 1.165) is 11.1 Å². The molecule has 0 heterocycles. The first-order valence-corrected chi connectivity index (χ1v) is 5.50. The molecular weight excluding hydrogens is 210 g/mol. The van der Waals surface area contributed by atoms with Gasteiger partial charge in [-0.15, -0.1) is 0 Å². The Morgan fingerprint density at radius 2 is 1.53 bits per heavy atom. The molecular formula is C14H15N3. The van der Waals surface area contributed by atoms with Crippen LogP contribution in [0.5, 0.6) is 0 Å². The summed E-state index contributed by atoms with van der Waals surface area (Å²) in [6, 6.07) is 19.7. The summed E-state index contributed by atoms with van der Waals surface area (Å²) in [5.74, 6) is 0. The molecule has 0 spiro atoms. The van der Waals surface area contributed by atoms with Crippen LogP contribution >= 0.6 is 0 Å². The van der Waals surface area contributed by atoms with Crippen molar-refractivity contribution in [3.8, 4) is 0 Å². The third-order valence-corrected chi connectivity index (χ3v) is 2.39. The van der Waals surface area contributed by atoms with Crippen LogP contribution in [0.15, 0.2) is 65.8 Å². The Morgan fingerprint density at radius 1 is 0.941 bits per heavy atom. The summed E-state index contributed by atoms with van der Waals surface area (Å²) >= 11 is 0. The van der Waals surface area contributed by atoms with Gasteiger partial charge in [-0.25, -0.2) is 0 Å². The monoisotopic (exact) mass is 225 g/mol. The average molecular weight is 225 g/mol. The van der Waals surface area contributed by atoms with Crippen LogP contribution in [-0.4, -0.2) is 6.21 Å². The Bertz CT molecular complexity index is 465. The van der Waals surface area contributed by atoms with Crippen LogP contribution in [0.3, 0.4) is 0 Å². The molecule has 0 bridgehead atoms. The van der Waals surface area contributed by atoms with E-state index in [0.29, 0.717) is 0 Å². The Balaban J connectivity index is 1.93. The molecule has 3 heteroatoms. The van der Waals surface area contributed by atoms with Gasteiger partial charge in [0.25, 0.3) is 0 Å². The van der Waals surface area contributed by atoms with E-state index in [1.54, 1.807) is 6.21 Å². The fourth-order valence-electron chi connectivity index (χ4n) is 1.47. The van der Waals surface area contributed by atoms with Gasteiger partial charge in [0, 0.05) is 0 Å². The van der Waals surface area contributed by atoms with Crippen LogP contribution < -0.4 is 11.2 Å². The van der Waals surface area contributed by atoms with Crippen molar-refractivity contribution in [2.45, 2.75) is 6.17 Å². The minimum atomic E-state index is -0.281. The minimum absolute atomic E-state index is 0.281. The maximum atomic E-state index is 5.93. The second-order valence-electron chi connectivity index (χ2n) is 3.69. The number of hydrogen-bond donors (Lipinski definition) is 2. The number of rotatable bonds is 4. The van der Waals surface area contributed by atoms with Gasteiger partial charge < -0.3 is 5.73 Å². The molecule has 0 radical (unpaired) electrons. The SMILES string of the molecule is NC(N/N=C/c1ccccc1)c1ccccc1. The first-order chi connectivity index (χ1) is 8.36. The molecule has 2 aromatic rings. The van der Waals surface area contributed by atoms with E-state index in [-0.39, 0.29) is 6.17 Å². The molecule has 0 aliphatic heterocycles. The molecule has 0 amide bonds. The topological polar surface area (TPSA) is 50.4 Å². The molecule has 2 rings (SSSR count). The highest BCUT2D eigenvalue weighted by Gasteiger charge is 2.00. The van der Waals surface area contributed by atoms with Crippen LogP contribution in [0.4, 0.5) is 0 Å². The molecule has 3 nitrogen and oxygen atoms in total. The number of nitrogens with zero attached hydrogens (tertiary/aromatic N) is 1. The Morgan fingerprint density at radius 3 is 2.18 bits per heavy atom. The Labute approximate surface area is 101 Å². The molecule has 0 aromatic heterocycles. The van der Waals surface area contributed by atoms with Crippen molar-refractivity contribution in [2.75, 3.05) is 0 Å². The number of nitrogens with one attached hydrogen (secondary N) is 1. The van der Waals surface area contributed by atoms with E-state index >= 15 is 0 Å². The number of hydrazone groups is 1. The normalized spacial score (nSPS) is 12.5. The van der Waals surface area contributed by atoms with E-state index in [4.69, 9.17) is 5.73 Å². The molecule has 3 N–H and O–H groups in total. The minimum Gasteiger partial charge on any atom is -0.306 e. The first-order valence-electron chi connectivity index (χ1n) is 5.50. The van der Waals surface area contributed by atoms with E-state index < -0.39 is 0 Å². The molecule has 86 valence electrons. The van der Waals surface area contributed by atoms with Crippen LogP contribution in [0, 0.1) is 0 Å². The van der Waals surface area contributed by atoms with Crippen molar-refractivity contribution >= 4 is 6.21 Å². The van der Waals surface area contributed by atoms with Crippen LogP contribution in [0.25, 0.3) is 0 Å². The van der Waals surface area contributed by atoms with Crippen molar-refractivity contribution in [1.29, 1.82) is 0 Å². The zero-order valence-electron chi connectivity index (χ0n) is 9.45. The predicted molar refractivity (Wildman–Crippen MR) is 70.5 cm³/mol. The fraction of sp³-hybridized carbons (Fsp3) is 0.0714. The van der Waals surface area contributed by atoms with E-state index in [9.17, 15) is 0 Å². The van der Waals surface area contributed by atoms with Crippen molar-refractivity contribution in [1.82, 2.24) is 5.43 Å². The molecule has 0 aliphatic carbocycles. The second-order valence-corrected chi connectivity index (χ2v) is 3.69. The standard InChI is InChI=1S/C14H15N3/c15-14(13-9-5-2-6-10-13)17-16-11-12-7-3-1-4-8-12/h1-11,14,17H,15H2/b16-11+. The van der Waals surface area contributed by atoms with Gasteiger partial charge in [0.15, 0.2) is 0 Å². The Kier molecular flexibility index (Phi) is 3.89. The van der Waals surface area contributed by atoms with Gasteiger partial charge in [-0.1, -0.05) is 60.7 Å². The summed E-state index contributed by atoms with van der Waals surface area (Å²) in [5.41, 5.74) is 10.9. The zero-order valence-corrected chi connectivity index (χ0v) is 9.45. The van der Waals surface area contributed by atoms with Crippen LogP contribution in [0.1, 0.15) is 17.3 Å². The number of nitrogens with two attached hydrogens (primary N) is 1. The first kappa shape index (κ1) is 11.4. The lowest BCUT2D eigenvalue weighted by molar-refractivity contribution is 0.582. The fourth-order valence-corrected chi connectivity index (χ4v) is 1.47. The summed E-state index contributed by atoms with van der Waals surface area (Å²) in [6.07, 6.45) is 1.47. The van der Waals surface area contributed by atoms with Crippen molar-refractivity contribution < 1.29 is 0 Å². The lowest BCUT2D eigenvalue weighted by Crippen LogP contribution is -2.24. The zero-order chi connectivity index (χ0) is 11.9. The average Bonchev–Trinajstić information content (AvgIpc) is 2.41. The number of benzene rings is 2. The predicted octanol–water partition coefficient (Wildman–Crippen LogP) is 2.27. The third-order valence-electron chi connectivity index (χ3n) is 2.39. The van der Waals surface area contributed by atoms with Crippen molar-refractivity contribution in [3.05, 3.63) is 71.8 Å². The summed E-state index contributed by atoms with van der Waals surface area (Å²) < 4.78 is 0. The molecule has 1 unspecified atom stereocenters. The molecule has 2 aromatic carbocycles. The molecule has 0 saturated carbocycles. The lowest BCUT2D eigenvalue weighted by atomic mass is 10.2. The highest BCUT2D eigenvalue weighted by Crippen LogP contribution is 2.05. The Hall–Kier alpha value is -2.13. The largest absolute Gasteiger partial charge is 0.306 e. The second kappa shape index (κ2) is 5.82. The molecule has 0 fully saturated rings. The van der Waals surface area contributed by atoms with E-state index in [1.165, 1.54) is 0 Å². The lowest BCUT2D eigenvalue weighted by Gasteiger charge is -2.10. The van der Waals surface area contributed by atoms with E-state index in [1.807, 2.05) is 60.7 Å². The van der Waals surface area contributed by atoms with Gasteiger partial charge in [0.1, 0.15) is 6.17 Å². The smallest absolute Gasteiger partial charge is 0.117 e. The molecule has 17 heavy (non-hydrogen) atoms.